The maximum Gasteiger partial charge on any atom is 0.133 e. The molecule has 4 rings (SSSR count). The van der Waals surface area contributed by atoms with E-state index in [4.69, 9.17) is 9.15 Å². The predicted molar refractivity (Wildman–Crippen MR) is 84.6 cm³/mol. The summed E-state index contributed by atoms with van der Waals surface area (Å²) in [6.45, 7) is 0.506. The van der Waals surface area contributed by atoms with Crippen molar-refractivity contribution in [2.45, 2.75) is 6.61 Å². The average Bonchev–Trinajstić information content (AvgIpc) is 3.24. The summed E-state index contributed by atoms with van der Waals surface area (Å²) in [5, 5.41) is 1.09. The van der Waals surface area contributed by atoms with E-state index in [2.05, 4.69) is 16.0 Å². The first kappa shape index (κ1) is 12.7. The Hall–Kier alpha value is -3.01. The molecule has 0 fully saturated rings. The van der Waals surface area contributed by atoms with E-state index in [9.17, 15) is 0 Å². The highest BCUT2D eigenvalue weighted by Crippen LogP contribution is 2.28. The number of furan rings is 1. The van der Waals surface area contributed by atoms with E-state index >= 15 is 0 Å². The fourth-order valence-corrected chi connectivity index (χ4v) is 2.49. The molecule has 0 aliphatic carbocycles. The van der Waals surface area contributed by atoms with Gasteiger partial charge in [-0.05, 0) is 35.9 Å². The number of imidazole rings is 1. The molecule has 0 saturated carbocycles. The third kappa shape index (κ3) is 2.35. The average molecular weight is 290 g/mol. The minimum Gasteiger partial charge on any atom is -0.488 e. The minimum atomic E-state index is 0.506. The van der Waals surface area contributed by atoms with Gasteiger partial charge in [-0.15, -0.1) is 0 Å². The van der Waals surface area contributed by atoms with E-state index in [0.717, 1.165) is 33.5 Å². The second kappa shape index (κ2) is 5.41. The van der Waals surface area contributed by atoms with Crippen LogP contribution in [0.1, 0.15) is 5.56 Å². The zero-order chi connectivity index (χ0) is 14.8. The summed E-state index contributed by atoms with van der Waals surface area (Å²) in [7, 11) is 0. The van der Waals surface area contributed by atoms with E-state index in [0.29, 0.717) is 6.61 Å². The zero-order valence-corrected chi connectivity index (χ0v) is 11.8. The van der Waals surface area contributed by atoms with Crippen molar-refractivity contribution in [2.24, 2.45) is 0 Å². The molecule has 0 spiro atoms. The largest absolute Gasteiger partial charge is 0.488 e. The Balaban J connectivity index is 1.59. The number of aromatic nitrogens is 2. The second-order valence-corrected chi connectivity index (χ2v) is 5.04. The first-order chi connectivity index (χ1) is 10.9. The lowest BCUT2D eigenvalue weighted by Gasteiger charge is -2.10. The van der Waals surface area contributed by atoms with Gasteiger partial charge in [0.2, 0.25) is 0 Å². The van der Waals surface area contributed by atoms with Crippen molar-refractivity contribution in [1.29, 1.82) is 0 Å². The van der Waals surface area contributed by atoms with Crippen molar-refractivity contribution in [3.63, 3.8) is 0 Å². The molecular weight excluding hydrogens is 276 g/mol. The van der Waals surface area contributed by atoms with Gasteiger partial charge in [-0.1, -0.05) is 18.2 Å². The van der Waals surface area contributed by atoms with Crippen LogP contribution in [0.25, 0.3) is 22.2 Å². The monoisotopic (exact) mass is 290 g/mol. The van der Waals surface area contributed by atoms with Crippen LogP contribution in [0.5, 0.6) is 5.75 Å². The van der Waals surface area contributed by atoms with E-state index in [1.54, 1.807) is 18.8 Å². The number of nitrogens with one attached hydrogen (secondary N) is 1. The van der Waals surface area contributed by atoms with Gasteiger partial charge < -0.3 is 14.1 Å². The van der Waals surface area contributed by atoms with E-state index in [1.165, 1.54) is 0 Å². The molecule has 0 unspecified atom stereocenters. The van der Waals surface area contributed by atoms with Crippen LogP contribution in [0.4, 0.5) is 0 Å². The molecule has 0 saturated heterocycles. The molecule has 2 aromatic carbocycles. The Morgan fingerprint density at radius 1 is 1.09 bits per heavy atom. The minimum absolute atomic E-state index is 0.506. The van der Waals surface area contributed by atoms with Crippen LogP contribution in [0.2, 0.25) is 0 Å². The number of hydrogen-bond acceptors (Lipinski definition) is 3. The van der Waals surface area contributed by atoms with Gasteiger partial charge in [-0.2, -0.15) is 0 Å². The highest BCUT2D eigenvalue weighted by atomic mass is 16.5. The number of para-hydroxylation sites is 1. The lowest BCUT2D eigenvalue weighted by Crippen LogP contribution is -1.97. The molecule has 2 heterocycles. The summed E-state index contributed by atoms with van der Waals surface area (Å²) in [5.41, 5.74) is 3.94. The Morgan fingerprint density at radius 3 is 2.95 bits per heavy atom. The molecule has 4 aromatic rings. The van der Waals surface area contributed by atoms with Gasteiger partial charge in [0.15, 0.2) is 0 Å². The normalized spacial score (nSPS) is 10.9. The summed E-state index contributed by atoms with van der Waals surface area (Å²) in [6, 6.07) is 16.0. The van der Waals surface area contributed by atoms with Gasteiger partial charge in [-0.3, -0.25) is 0 Å². The molecule has 0 aliphatic rings. The van der Waals surface area contributed by atoms with Crippen molar-refractivity contribution in [3.8, 4) is 17.0 Å². The summed E-state index contributed by atoms with van der Waals surface area (Å²) in [6.07, 6.45) is 5.15. The number of H-pyrrole nitrogens is 1. The zero-order valence-electron chi connectivity index (χ0n) is 11.8. The van der Waals surface area contributed by atoms with Gasteiger partial charge in [0.05, 0.1) is 24.5 Å². The Bertz CT molecular complexity index is 894. The van der Waals surface area contributed by atoms with Crippen LogP contribution in [0, 0.1) is 0 Å². The third-order valence-electron chi connectivity index (χ3n) is 3.59. The molecule has 0 bridgehead atoms. The Labute approximate surface area is 127 Å². The van der Waals surface area contributed by atoms with Crippen LogP contribution in [0.3, 0.4) is 0 Å². The number of nitrogens with zero attached hydrogens (tertiary/aromatic N) is 1. The van der Waals surface area contributed by atoms with Crippen LogP contribution < -0.4 is 4.74 Å². The molecule has 108 valence electrons. The molecule has 0 amide bonds. The van der Waals surface area contributed by atoms with E-state index in [-0.39, 0.29) is 0 Å². The molecule has 4 nitrogen and oxygen atoms in total. The van der Waals surface area contributed by atoms with E-state index < -0.39 is 0 Å². The lowest BCUT2D eigenvalue weighted by molar-refractivity contribution is 0.307. The quantitative estimate of drug-likeness (QED) is 0.606. The van der Waals surface area contributed by atoms with Crippen LogP contribution in [0.15, 0.2) is 71.7 Å². The summed E-state index contributed by atoms with van der Waals surface area (Å²) in [5.74, 6) is 0.832. The first-order valence-corrected chi connectivity index (χ1v) is 7.07. The molecule has 2 aromatic heterocycles. The highest BCUT2D eigenvalue weighted by Gasteiger charge is 2.07. The van der Waals surface area contributed by atoms with Gasteiger partial charge in [-0.25, -0.2) is 4.98 Å². The molecular formula is C18H14N2O2. The van der Waals surface area contributed by atoms with Crippen molar-refractivity contribution in [3.05, 3.63) is 72.9 Å². The second-order valence-electron chi connectivity index (χ2n) is 5.04. The van der Waals surface area contributed by atoms with Crippen LogP contribution >= 0.6 is 0 Å². The topological polar surface area (TPSA) is 51.0 Å². The molecule has 1 N–H and O–H groups in total. The fraction of sp³-hybridized carbons (Fsp3) is 0.0556. The van der Waals surface area contributed by atoms with Gasteiger partial charge in [0, 0.05) is 10.9 Å². The van der Waals surface area contributed by atoms with Crippen LogP contribution in [-0.2, 0) is 6.61 Å². The van der Waals surface area contributed by atoms with Crippen molar-refractivity contribution >= 4 is 11.0 Å². The van der Waals surface area contributed by atoms with Crippen molar-refractivity contribution in [2.75, 3.05) is 0 Å². The van der Waals surface area contributed by atoms with Crippen LogP contribution in [-0.4, -0.2) is 9.97 Å². The van der Waals surface area contributed by atoms with Gasteiger partial charge in [0.1, 0.15) is 17.9 Å². The predicted octanol–water partition coefficient (Wildman–Crippen LogP) is 4.40. The number of benzene rings is 2. The molecule has 0 aliphatic heterocycles. The number of rotatable bonds is 4. The summed E-state index contributed by atoms with van der Waals surface area (Å²) < 4.78 is 11.3. The number of hydrogen-bond donors (Lipinski definition) is 1. The molecule has 0 radical (unpaired) electrons. The SMILES string of the molecule is c1ccc(-c2cnc[nH]2)c(OCc2ccc3occc3c2)c1. The Kier molecular flexibility index (Phi) is 3.12. The van der Waals surface area contributed by atoms with E-state index in [1.807, 2.05) is 42.5 Å². The summed E-state index contributed by atoms with van der Waals surface area (Å²) in [4.78, 5) is 7.17. The third-order valence-corrected chi connectivity index (χ3v) is 3.59. The smallest absolute Gasteiger partial charge is 0.133 e. The van der Waals surface area contributed by atoms with Crippen molar-refractivity contribution in [1.82, 2.24) is 9.97 Å². The standard InChI is InChI=1S/C18H14N2O2/c1-2-4-18(15(3-1)16-10-19-12-20-16)22-11-13-5-6-17-14(9-13)7-8-21-17/h1-10,12H,11H2,(H,19,20). The Morgan fingerprint density at radius 2 is 2.05 bits per heavy atom. The van der Waals surface area contributed by atoms with Crippen molar-refractivity contribution < 1.29 is 9.15 Å². The number of aromatic amines is 1. The molecule has 22 heavy (non-hydrogen) atoms. The highest BCUT2D eigenvalue weighted by molar-refractivity contribution is 5.77. The number of fused-ring (bicyclic) bond motifs is 1. The van der Waals surface area contributed by atoms with Gasteiger partial charge in [0.25, 0.3) is 0 Å². The molecule has 0 atom stereocenters. The first-order valence-electron chi connectivity index (χ1n) is 7.07. The number of ether oxygens (including phenoxy) is 1. The lowest BCUT2D eigenvalue weighted by atomic mass is 10.1. The molecule has 4 heteroatoms. The fourth-order valence-electron chi connectivity index (χ4n) is 2.49. The summed E-state index contributed by atoms with van der Waals surface area (Å²) >= 11 is 0. The maximum atomic E-state index is 5.99. The van der Waals surface area contributed by atoms with Gasteiger partial charge >= 0.3 is 0 Å². The maximum absolute atomic E-state index is 5.99.